The van der Waals surface area contributed by atoms with E-state index in [-0.39, 0.29) is 7.43 Å². The first kappa shape index (κ1) is 36.2. The van der Waals surface area contributed by atoms with E-state index in [1.807, 2.05) is 23.5 Å². The monoisotopic (exact) mass is 809 g/mol. The minimum atomic E-state index is 0. The second kappa shape index (κ2) is 14.2. The quantitative estimate of drug-likeness (QED) is 0.169. The number of hydrogen-bond donors (Lipinski definition) is 0. The Morgan fingerprint density at radius 1 is 0.355 bits per heavy atom. The van der Waals surface area contributed by atoms with Crippen LogP contribution in [-0.4, -0.2) is 4.57 Å². The molecule has 62 heavy (non-hydrogen) atoms. The summed E-state index contributed by atoms with van der Waals surface area (Å²) in [6, 6.07) is 77.4. The Bertz CT molecular complexity index is 3850. The van der Waals surface area contributed by atoms with Gasteiger partial charge in [-0.1, -0.05) is 159 Å². The second-order valence-corrected chi connectivity index (χ2v) is 17.1. The zero-order chi connectivity index (χ0) is 40.0. The highest BCUT2D eigenvalue weighted by Crippen LogP contribution is 2.43. The number of benzene rings is 10. The molecule has 3 heterocycles. The number of para-hydroxylation sites is 2. The molecular weight excluding hydrogens is 771 g/mol. The molecule has 0 radical (unpaired) electrons. The Morgan fingerprint density at radius 3 is 1.74 bits per heavy atom. The third-order valence-electron chi connectivity index (χ3n) is 12.6. The van der Waals surface area contributed by atoms with Gasteiger partial charge in [-0.25, -0.2) is 0 Å². The zero-order valence-corrected chi connectivity index (χ0v) is 33.8. The summed E-state index contributed by atoms with van der Waals surface area (Å²) in [5, 5.41) is 9.68. The Morgan fingerprint density at radius 2 is 0.952 bits per heavy atom. The molecule has 0 bridgehead atoms. The summed E-state index contributed by atoms with van der Waals surface area (Å²) in [7, 11) is 0. The van der Waals surface area contributed by atoms with Gasteiger partial charge >= 0.3 is 0 Å². The molecule has 0 aliphatic carbocycles. The van der Waals surface area contributed by atoms with Gasteiger partial charge in [0.05, 0.1) is 11.0 Å². The van der Waals surface area contributed by atoms with Crippen molar-refractivity contribution < 1.29 is 4.42 Å². The van der Waals surface area contributed by atoms with Gasteiger partial charge < -0.3 is 8.98 Å². The summed E-state index contributed by atoms with van der Waals surface area (Å²) >= 11 is 1.89. The highest BCUT2D eigenvalue weighted by atomic mass is 32.1. The highest BCUT2D eigenvalue weighted by molar-refractivity contribution is 7.26. The van der Waals surface area contributed by atoms with Crippen molar-refractivity contribution >= 4 is 86.0 Å². The molecular formula is C59H39NOS. The van der Waals surface area contributed by atoms with Crippen LogP contribution >= 0.6 is 11.3 Å². The summed E-state index contributed by atoms with van der Waals surface area (Å²) < 4.78 is 11.4. The summed E-state index contributed by atoms with van der Waals surface area (Å²) in [4.78, 5) is 0. The Balaban J connectivity index is 0.00000410. The fourth-order valence-electron chi connectivity index (χ4n) is 9.60. The molecule has 0 unspecified atom stereocenters. The van der Waals surface area contributed by atoms with Crippen LogP contribution in [-0.2, 0) is 0 Å². The minimum absolute atomic E-state index is 0. The fourth-order valence-corrected chi connectivity index (χ4v) is 10.8. The van der Waals surface area contributed by atoms with Crippen LogP contribution in [0.15, 0.2) is 217 Å². The van der Waals surface area contributed by atoms with Gasteiger partial charge in [0.15, 0.2) is 0 Å². The van der Waals surface area contributed by atoms with E-state index in [2.05, 4.69) is 205 Å². The van der Waals surface area contributed by atoms with Crippen molar-refractivity contribution in [3.8, 4) is 50.2 Å². The van der Waals surface area contributed by atoms with Crippen molar-refractivity contribution in [3.63, 3.8) is 0 Å². The van der Waals surface area contributed by atoms with Crippen LogP contribution in [0.5, 0.6) is 0 Å². The molecule has 10 aromatic carbocycles. The normalized spacial score (nSPS) is 11.7. The lowest BCUT2D eigenvalue weighted by Crippen LogP contribution is -1.93. The maximum Gasteiger partial charge on any atom is 0.143 e. The van der Waals surface area contributed by atoms with Gasteiger partial charge in [0.1, 0.15) is 11.2 Å². The van der Waals surface area contributed by atoms with E-state index in [0.717, 1.165) is 38.4 Å². The highest BCUT2D eigenvalue weighted by Gasteiger charge is 2.17. The smallest absolute Gasteiger partial charge is 0.143 e. The topological polar surface area (TPSA) is 18.1 Å². The van der Waals surface area contributed by atoms with E-state index in [9.17, 15) is 0 Å². The fraction of sp³-hybridized carbons (Fsp3) is 0.0169. The molecule has 292 valence electrons. The number of thiophene rings is 1. The van der Waals surface area contributed by atoms with Crippen LogP contribution in [0.2, 0.25) is 0 Å². The molecule has 0 spiro atoms. The molecule has 0 fully saturated rings. The summed E-state index contributed by atoms with van der Waals surface area (Å²) in [5.41, 5.74) is 15.2. The van der Waals surface area contributed by atoms with E-state index in [4.69, 9.17) is 4.42 Å². The van der Waals surface area contributed by atoms with Crippen molar-refractivity contribution in [1.82, 2.24) is 4.57 Å². The third-order valence-corrected chi connectivity index (χ3v) is 13.8. The first-order chi connectivity index (χ1) is 30.2. The molecule has 2 nitrogen and oxygen atoms in total. The van der Waals surface area contributed by atoms with Gasteiger partial charge in [-0.2, -0.15) is 0 Å². The van der Waals surface area contributed by atoms with Crippen LogP contribution < -0.4 is 0 Å². The van der Waals surface area contributed by atoms with Crippen molar-refractivity contribution in [2.45, 2.75) is 7.43 Å². The Kier molecular flexibility index (Phi) is 8.28. The lowest BCUT2D eigenvalue weighted by molar-refractivity contribution is 0.672. The number of aromatic nitrogens is 1. The van der Waals surface area contributed by atoms with Crippen molar-refractivity contribution in [3.05, 3.63) is 212 Å². The summed E-state index contributed by atoms with van der Waals surface area (Å²) in [6.07, 6.45) is 0. The molecule has 0 saturated heterocycles. The number of fused-ring (bicyclic) bond motifs is 11. The average Bonchev–Trinajstić information content (AvgIpc) is 4.01. The van der Waals surface area contributed by atoms with Gasteiger partial charge in [-0.05, 0) is 111 Å². The van der Waals surface area contributed by atoms with Gasteiger partial charge in [0.2, 0.25) is 0 Å². The molecule has 0 N–H and O–H groups in total. The second-order valence-electron chi connectivity index (χ2n) is 16.0. The van der Waals surface area contributed by atoms with Crippen molar-refractivity contribution in [1.29, 1.82) is 0 Å². The number of rotatable bonds is 5. The Hall–Kier alpha value is -7.72. The Labute approximate surface area is 363 Å². The number of hydrogen-bond acceptors (Lipinski definition) is 2. The molecule has 13 aromatic rings. The zero-order valence-electron chi connectivity index (χ0n) is 33.0. The minimum Gasteiger partial charge on any atom is -0.455 e. The number of nitrogens with zero attached hydrogens (tertiary/aromatic N) is 1. The standard InChI is InChI=1S/C58H35NOS.CH4/c1-2-9-36(10-3-1)37-17-19-38(20-18-37)39-21-23-40(24-22-39)46-13-8-14-50-52-35-42(27-32-56(52)61-58(46)50)41-26-31-54-51(34-41)47-11-4-6-15-53(47)59(54)44-28-30-45-43(33-44)25-29-49-48-12-5-7-16-55(48)60-57(45)49;/h1-35H;1H4. The molecule has 13 rings (SSSR count). The van der Waals surface area contributed by atoms with E-state index in [1.165, 1.54) is 86.5 Å². The van der Waals surface area contributed by atoms with Gasteiger partial charge in [0.25, 0.3) is 0 Å². The SMILES string of the molecule is C.c1ccc(-c2ccc(-c3ccc(-c4cccc5c4sc4ccc(-c6ccc7c(c6)c6ccccc6n7-c6ccc7c(ccc8c9ccccc9oc78)c6)cc45)cc3)cc2)cc1. The largest absolute Gasteiger partial charge is 0.455 e. The van der Waals surface area contributed by atoms with E-state index in [1.54, 1.807) is 0 Å². The molecule has 3 heteroatoms. The van der Waals surface area contributed by atoms with Gasteiger partial charge in [-0.3, -0.25) is 0 Å². The molecule has 0 amide bonds. The van der Waals surface area contributed by atoms with Crippen LogP contribution in [0, 0.1) is 0 Å². The van der Waals surface area contributed by atoms with Crippen molar-refractivity contribution in [2.24, 2.45) is 0 Å². The van der Waals surface area contributed by atoms with Crippen molar-refractivity contribution in [2.75, 3.05) is 0 Å². The lowest BCUT2D eigenvalue weighted by atomic mass is 9.97. The third kappa shape index (κ3) is 5.63. The first-order valence-electron chi connectivity index (χ1n) is 20.8. The molecule has 0 atom stereocenters. The maximum atomic E-state index is 6.39. The predicted molar refractivity (Wildman–Crippen MR) is 267 cm³/mol. The van der Waals surface area contributed by atoms with Crippen LogP contribution in [0.25, 0.3) is 125 Å². The van der Waals surface area contributed by atoms with Crippen LogP contribution in [0.3, 0.4) is 0 Å². The molecule has 0 saturated carbocycles. The average molecular weight is 810 g/mol. The summed E-state index contributed by atoms with van der Waals surface area (Å²) in [5.74, 6) is 0. The predicted octanol–water partition coefficient (Wildman–Crippen LogP) is 17.5. The van der Waals surface area contributed by atoms with Gasteiger partial charge in [-0.15, -0.1) is 11.3 Å². The maximum absolute atomic E-state index is 6.39. The first-order valence-corrected chi connectivity index (χ1v) is 21.6. The van der Waals surface area contributed by atoms with Gasteiger partial charge in [0, 0.05) is 52.8 Å². The van der Waals surface area contributed by atoms with E-state index < -0.39 is 0 Å². The van der Waals surface area contributed by atoms with Crippen LogP contribution in [0.4, 0.5) is 0 Å². The van der Waals surface area contributed by atoms with Crippen LogP contribution in [0.1, 0.15) is 7.43 Å². The molecule has 0 aliphatic rings. The van der Waals surface area contributed by atoms with E-state index in [0.29, 0.717) is 0 Å². The van der Waals surface area contributed by atoms with E-state index >= 15 is 0 Å². The molecule has 3 aromatic heterocycles. The number of furan rings is 1. The lowest BCUT2D eigenvalue weighted by Gasteiger charge is -2.10. The summed E-state index contributed by atoms with van der Waals surface area (Å²) in [6.45, 7) is 0. The molecule has 0 aliphatic heterocycles.